The van der Waals surface area contributed by atoms with Crippen molar-refractivity contribution in [2.45, 2.75) is 25.7 Å². The summed E-state index contributed by atoms with van der Waals surface area (Å²) >= 11 is 6.22. The topological polar surface area (TPSA) is 82.5 Å². The summed E-state index contributed by atoms with van der Waals surface area (Å²) in [6.45, 7) is 0.642. The number of hydrogen-bond donors (Lipinski definition) is 2. The number of nitrogens with zero attached hydrogens (tertiary/aromatic N) is 2. The third-order valence-electron chi connectivity index (χ3n) is 5.53. The van der Waals surface area contributed by atoms with E-state index < -0.39 is 11.3 Å². The van der Waals surface area contributed by atoms with Crippen LogP contribution in [-0.4, -0.2) is 28.6 Å². The third-order valence-corrected chi connectivity index (χ3v) is 5.82. The van der Waals surface area contributed by atoms with Crippen LogP contribution >= 0.6 is 25.1 Å². The molecule has 1 spiro atoms. The van der Waals surface area contributed by atoms with Crippen molar-refractivity contribution < 1.29 is 14.8 Å². The number of hydroxylamine groups is 1. The van der Waals surface area contributed by atoms with E-state index >= 15 is 0 Å². The molecule has 0 bridgehead atoms. The Balaban J connectivity index is 0.00000210. The molecule has 4 rings (SSSR count). The van der Waals surface area contributed by atoms with Crippen LogP contribution in [0.2, 0.25) is 5.02 Å². The van der Waals surface area contributed by atoms with Gasteiger partial charge in [-0.05, 0) is 55.0 Å². The van der Waals surface area contributed by atoms with Crippen molar-refractivity contribution >= 4 is 42.6 Å². The van der Waals surface area contributed by atoms with Gasteiger partial charge in [-0.1, -0.05) is 17.7 Å². The number of pyridine rings is 1. The first-order valence-corrected chi connectivity index (χ1v) is 8.90. The molecule has 0 saturated carbocycles. The first-order chi connectivity index (χ1) is 12.5. The van der Waals surface area contributed by atoms with Crippen molar-refractivity contribution in [2.75, 3.05) is 11.4 Å². The molecule has 6 nitrogen and oxygen atoms in total. The van der Waals surface area contributed by atoms with Gasteiger partial charge in [0.05, 0.1) is 16.1 Å². The number of hydrogen-bond acceptors (Lipinski definition) is 4. The fourth-order valence-electron chi connectivity index (χ4n) is 4.10. The number of rotatable bonds is 2. The summed E-state index contributed by atoms with van der Waals surface area (Å²) in [5.41, 5.74) is 4.52. The van der Waals surface area contributed by atoms with Crippen molar-refractivity contribution in [2.24, 2.45) is 5.41 Å². The maximum absolute atomic E-state index is 13.2. The zero-order valence-corrected chi connectivity index (χ0v) is 16.3. The molecular formula is C19H20ClN3O3S. The van der Waals surface area contributed by atoms with Gasteiger partial charge in [-0.15, -0.1) is 0 Å². The Morgan fingerprint density at radius 3 is 2.81 bits per heavy atom. The maximum Gasteiger partial charge on any atom is 0.274 e. The Morgan fingerprint density at radius 2 is 2.07 bits per heavy atom. The number of carbonyl (C=O) groups excluding carboxylic acids is 2. The van der Waals surface area contributed by atoms with Crippen molar-refractivity contribution in [1.29, 1.82) is 0 Å². The molecule has 2 aliphatic rings. The van der Waals surface area contributed by atoms with E-state index in [-0.39, 0.29) is 19.4 Å². The standard InChI is InChI=1S/C19H18ClN3O3.H2S/c20-15-11-21-7-4-16(15)23-8-6-19(18(23)25)5-3-12-9-13(17(24)22-26)1-2-14(12)10-19;/h1-2,4,7,9,11,26H,3,5-6,8,10H2,(H,22,24);1H2/t19-;/m1./s1. The van der Waals surface area contributed by atoms with E-state index in [9.17, 15) is 9.59 Å². The van der Waals surface area contributed by atoms with Gasteiger partial charge in [0.15, 0.2) is 0 Å². The second kappa shape index (κ2) is 7.50. The van der Waals surface area contributed by atoms with Crippen molar-refractivity contribution in [3.05, 3.63) is 58.4 Å². The molecule has 1 aliphatic carbocycles. The lowest BCUT2D eigenvalue weighted by Crippen LogP contribution is -2.39. The second-order valence-electron chi connectivity index (χ2n) is 6.92. The highest BCUT2D eigenvalue weighted by molar-refractivity contribution is 7.59. The number of benzene rings is 1. The molecule has 1 saturated heterocycles. The molecule has 2 amide bonds. The molecule has 1 aliphatic heterocycles. The van der Waals surface area contributed by atoms with Crippen LogP contribution in [0.25, 0.3) is 0 Å². The Morgan fingerprint density at radius 1 is 1.26 bits per heavy atom. The van der Waals surface area contributed by atoms with Gasteiger partial charge in [-0.25, -0.2) is 5.48 Å². The molecule has 2 N–H and O–H groups in total. The Bertz CT molecular complexity index is 908. The summed E-state index contributed by atoms with van der Waals surface area (Å²) in [5.74, 6) is -0.419. The Kier molecular flexibility index (Phi) is 5.46. The van der Waals surface area contributed by atoms with Gasteiger partial charge >= 0.3 is 0 Å². The van der Waals surface area contributed by atoms with E-state index in [2.05, 4.69) is 4.98 Å². The summed E-state index contributed by atoms with van der Waals surface area (Å²) < 4.78 is 0. The monoisotopic (exact) mass is 405 g/mol. The predicted octanol–water partition coefficient (Wildman–Crippen LogP) is 2.88. The number of halogens is 1. The lowest BCUT2D eigenvalue weighted by molar-refractivity contribution is -0.126. The number of anilines is 1. The quantitative estimate of drug-likeness (QED) is 0.594. The smallest absolute Gasteiger partial charge is 0.274 e. The Hall–Kier alpha value is -2.09. The number of nitrogens with one attached hydrogen (secondary N) is 1. The molecule has 2 aromatic rings. The summed E-state index contributed by atoms with van der Waals surface area (Å²) in [7, 11) is 0. The van der Waals surface area contributed by atoms with E-state index in [1.54, 1.807) is 41.0 Å². The number of amides is 2. The van der Waals surface area contributed by atoms with Crippen LogP contribution in [0.5, 0.6) is 0 Å². The van der Waals surface area contributed by atoms with Crippen molar-refractivity contribution in [3.63, 3.8) is 0 Å². The minimum Gasteiger partial charge on any atom is -0.310 e. The van der Waals surface area contributed by atoms with Gasteiger partial charge in [0.25, 0.3) is 5.91 Å². The highest BCUT2D eigenvalue weighted by Crippen LogP contribution is 2.45. The average molecular weight is 406 g/mol. The fraction of sp³-hybridized carbons (Fsp3) is 0.316. The van der Waals surface area contributed by atoms with Crippen LogP contribution in [0, 0.1) is 5.41 Å². The van der Waals surface area contributed by atoms with Crippen LogP contribution in [0.1, 0.15) is 34.3 Å². The average Bonchev–Trinajstić information content (AvgIpc) is 2.97. The summed E-state index contributed by atoms with van der Waals surface area (Å²) in [5, 5.41) is 9.27. The number of fused-ring (bicyclic) bond motifs is 1. The minimum atomic E-state index is -0.525. The van der Waals surface area contributed by atoms with Crippen LogP contribution in [0.3, 0.4) is 0 Å². The number of carbonyl (C=O) groups is 2. The van der Waals surface area contributed by atoms with Gasteiger partial charge in [-0.2, -0.15) is 13.5 Å². The van der Waals surface area contributed by atoms with E-state index in [0.717, 1.165) is 30.4 Å². The Labute approximate surface area is 168 Å². The van der Waals surface area contributed by atoms with Crippen molar-refractivity contribution in [1.82, 2.24) is 10.5 Å². The molecule has 142 valence electrons. The van der Waals surface area contributed by atoms with Gasteiger partial charge in [0.2, 0.25) is 5.91 Å². The summed E-state index contributed by atoms with van der Waals surface area (Å²) in [6.07, 6.45) is 6.10. The van der Waals surface area contributed by atoms with Crippen LogP contribution < -0.4 is 10.4 Å². The number of aromatic nitrogens is 1. The number of aryl methyl sites for hydroxylation is 1. The molecule has 1 aromatic carbocycles. The second-order valence-corrected chi connectivity index (χ2v) is 7.32. The van der Waals surface area contributed by atoms with Gasteiger partial charge in [0, 0.05) is 24.5 Å². The predicted molar refractivity (Wildman–Crippen MR) is 107 cm³/mol. The SMILES string of the molecule is O=C(NO)c1ccc2c(c1)CC[C@@]1(CCN(c3ccncc3Cl)C1=O)C2.S. The highest BCUT2D eigenvalue weighted by Gasteiger charge is 2.48. The van der Waals surface area contributed by atoms with Gasteiger partial charge < -0.3 is 4.90 Å². The molecule has 1 fully saturated rings. The van der Waals surface area contributed by atoms with Crippen LogP contribution in [-0.2, 0) is 17.6 Å². The molecule has 1 aromatic heterocycles. The van der Waals surface area contributed by atoms with E-state index in [0.29, 0.717) is 29.2 Å². The van der Waals surface area contributed by atoms with E-state index in [1.165, 1.54) is 0 Å². The molecule has 0 radical (unpaired) electrons. The molecule has 2 heterocycles. The van der Waals surface area contributed by atoms with Crippen molar-refractivity contribution in [3.8, 4) is 0 Å². The normalized spacial score (nSPS) is 21.0. The third kappa shape index (κ3) is 3.31. The summed E-state index contributed by atoms with van der Waals surface area (Å²) in [4.78, 5) is 30.6. The summed E-state index contributed by atoms with van der Waals surface area (Å²) in [6, 6.07) is 7.14. The lowest BCUT2D eigenvalue weighted by atomic mass is 9.70. The lowest BCUT2D eigenvalue weighted by Gasteiger charge is -2.33. The molecule has 0 unspecified atom stereocenters. The largest absolute Gasteiger partial charge is 0.310 e. The first-order valence-electron chi connectivity index (χ1n) is 8.52. The molecule has 8 heteroatoms. The zero-order valence-electron chi connectivity index (χ0n) is 14.5. The van der Waals surface area contributed by atoms with Crippen LogP contribution in [0.4, 0.5) is 5.69 Å². The van der Waals surface area contributed by atoms with E-state index in [1.807, 2.05) is 6.07 Å². The molecule has 27 heavy (non-hydrogen) atoms. The molecular weight excluding hydrogens is 386 g/mol. The zero-order chi connectivity index (χ0) is 18.3. The van der Waals surface area contributed by atoms with E-state index in [4.69, 9.17) is 16.8 Å². The minimum absolute atomic E-state index is 0. The van der Waals surface area contributed by atoms with Gasteiger partial charge in [0.1, 0.15) is 0 Å². The van der Waals surface area contributed by atoms with Gasteiger partial charge in [-0.3, -0.25) is 19.8 Å². The molecule has 1 atom stereocenters. The highest BCUT2D eigenvalue weighted by atomic mass is 35.5. The first kappa shape index (κ1) is 19.7. The van der Waals surface area contributed by atoms with Crippen LogP contribution in [0.15, 0.2) is 36.7 Å². The fourth-order valence-corrected chi connectivity index (χ4v) is 4.32. The maximum atomic E-state index is 13.2.